The summed E-state index contributed by atoms with van der Waals surface area (Å²) in [6.45, 7) is 2.70. The van der Waals surface area contributed by atoms with Crippen molar-refractivity contribution in [1.29, 1.82) is 0 Å². The van der Waals surface area contributed by atoms with Crippen LogP contribution in [0, 0.1) is 5.92 Å². The number of hydrogen-bond acceptors (Lipinski definition) is 2. The van der Waals surface area contributed by atoms with Crippen molar-refractivity contribution >= 4 is 18.3 Å². The second-order valence-electron chi connectivity index (χ2n) is 4.77. The van der Waals surface area contributed by atoms with Crippen molar-refractivity contribution in [2.45, 2.75) is 38.8 Å². The van der Waals surface area contributed by atoms with E-state index in [9.17, 15) is 4.79 Å². The summed E-state index contributed by atoms with van der Waals surface area (Å²) < 4.78 is 0. The van der Waals surface area contributed by atoms with Gasteiger partial charge in [0.15, 0.2) is 0 Å². The number of nitrogens with two attached hydrogens (primary N) is 1. The molecule has 100 valence electrons. The minimum Gasteiger partial charge on any atom is -0.349 e. The molecule has 18 heavy (non-hydrogen) atoms. The molecule has 3 N–H and O–H groups in total. The summed E-state index contributed by atoms with van der Waals surface area (Å²) in [4.78, 5) is 11.9. The Morgan fingerprint density at radius 1 is 1.39 bits per heavy atom. The lowest BCUT2D eigenvalue weighted by molar-refractivity contribution is 0.0949. The quantitative estimate of drug-likeness (QED) is 0.862. The Kier molecular flexibility index (Phi) is 5.63. The third-order valence-electron chi connectivity index (χ3n) is 3.35. The lowest BCUT2D eigenvalue weighted by atomic mass is 10.1. The molecule has 0 aromatic heterocycles. The number of hydrogen-bond donors (Lipinski definition) is 2. The van der Waals surface area contributed by atoms with Gasteiger partial charge < -0.3 is 11.1 Å². The molecule has 1 aliphatic carbocycles. The third kappa shape index (κ3) is 3.72. The van der Waals surface area contributed by atoms with Gasteiger partial charge in [0.25, 0.3) is 5.91 Å². The van der Waals surface area contributed by atoms with Crippen molar-refractivity contribution in [3.63, 3.8) is 0 Å². The van der Waals surface area contributed by atoms with E-state index in [1.165, 1.54) is 12.8 Å². The van der Waals surface area contributed by atoms with Crippen LogP contribution in [0.2, 0.25) is 0 Å². The molecule has 0 heterocycles. The lowest BCUT2D eigenvalue weighted by Gasteiger charge is -2.05. The molecule has 1 fully saturated rings. The Hall–Kier alpha value is -1.06. The van der Waals surface area contributed by atoms with Gasteiger partial charge in [-0.2, -0.15) is 0 Å². The number of nitrogens with one attached hydrogen (secondary N) is 1. The molecule has 2 atom stereocenters. The second-order valence-corrected chi connectivity index (χ2v) is 4.77. The number of halogens is 1. The van der Waals surface area contributed by atoms with Crippen molar-refractivity contribution in [2.75, 3.05) is 0 Å². The Balaban J connectivity index is 0.00000162. The van der Waals surface area contributed by atoms with Crippen LogP contribution in [0.15, 0.2) is 24.3 Å². The van der Waals surface area contributed by atoms with E-state index in [-0.39, 0.29) is 18.3 Å². The molecule has 4 heteroatoms. The van der Waals surface area contributed by atoms with Crippen LogP contribution < -0.4 is 11.1 Å². The van der Waals surface area contributed by atoms with Gasteiger partial charge in [0.2, 0.25) is 0 Å². The van der Waals surface area contributed by atoms with Crippen molar-refractivity contribution in [2.24, 2.45) is 11.7 Å². The molecule has 1 aromatic rings. The number of carbonyl (C=O) groups excluding carboxylic acids is 1. The summed E-state index contributed by atoms with van der Waals surface area (Å²) in [5.41, 5.74) is 7.30. The first-order chi connectivity index (χ1) is 8.24. The molecule has 0 aliphatic heterocycles. The minimum atomic E-state index is 0. The third-order valence-corrected chi connectivity index (χ3v) is 3.35. The Bertz CT molecular complexity index is 391. The predicted molar refractivity (Wildman–Crippen MR) is 75.9 cm³/mol. The zero-order chi connectivity index (χ0) is 12.3. The number of carbonyl (C=O) groups is 1. The highest BCUT2D eigenvalue weighted by Crippen LogP contribution is 2.34. The molecule has 1 aromatic carbocycles. The summed E-state index contributed by atoms with van der Waals surface area (Å²) in [6.07, 6.45) is 3.56. The molecular weight excluding hydrogens is 248 g/mol. The van der Waals surface area contributed by atoms with Crippen molar-refractivity contribution in [1.82, 2.24) is 5.32 Å². The van der Waals surface area contributed by atoms with Crippen LogP contribution in [0.25, 0.3) is 0 Å². The number of rotatable bonds is 5. The van der Waals surface area contributed by atoms with E-state index in [4.69, 9.17) is 5.73 Å². The molecule has 0 radical (unpaired) electrons. The Labute approximate surface area is 115 Å². The van der Waals surface area contributed by atoms with Gasteiger partial charge in [-0.1, -0.05) is 25.5 Å². The maximum Gasteiger partial charge on any atom is 0.251 e. The highest BCUT2D eigenvalue weighted by molar-refractivity contribution is 5.94. The van der Waals surface area contributed by atoms with Gasteiger partial charge >= 0.3 is 0 Å². The van der Waals surface area contributed by atoms with Crippen LogP contribution in [0.4, 0.5) is 0 Å². The van der Waals surface area contributed by atoms with Gasteiger partial charge in [0, 0.05) is 18.2 Å². The SMILES string of the molecule is CCCC1CC1NC(=O)c1ccc(CN)cc1.Cl. The molecule has 0 saturated heterocycles. The normalized spacial score (nSPS) is 21.0. The summed E-state index contributed by atoms with van der Waals surface area (Å²) >= 11 is 0. The van der Waals surface area contributed by atoms with Gasteiger partial charge in [-0.3, -0.25) is 4.79 Å². The molecule has 0 bridgehead atoms. The fourth-order valence-corrected chi connectivity index (χ4v) is 2.16. The van der Waals surface area contributed by atoms with E-state index in [1.54, 1.807) is 0 Å². The lowest BCUT2D eigenvalue weighted by Crippen LogP contribution is -2.26. The standard InChI is InChI=1S/C14H20N2O.ClH/c1-2-3-12-8-13(12)16-14(17)11-6-4-10(9-15)5-7-11;/h4-7,12-13H,2-3,8-9,15H2,1H3,(H,16,17);1H. The minimum absolute atomic E-state index is 0. The highest BCUT2D eigenvalue weighted by atomic mass is 35.5. The largest absolute Gasteiger partial charge is 0.349 e. The predicted octanol–water partition coefficient (Wildman–Crippen LogP) is 2.49. The maximum absolute atomic E-state index is 11.9. The molecule has 0 spiro atoms. The van der Waals surface area contributed by atoms with Crippen LogP contribution in [0.5, 0.6) is 0 Å². The second kappa shape index (κ2) is 6.76. The number of benzene rings is 1. The van der Waals surface area contributed by atoms with Gasteiger partial charge in [-0.05, 0) is 36.5 Å². The topological polar surface area (TPSA) is 55.1 Å². The Morgan fingerprint density at radius 2 is 2.06 bits per heavy atom. The van der Waals surface area contributed by atoms with Crippen molar-refractivity contribution in [3.05, 3.63) is 35.4 Å². The van der Waals surface area contributed by atoms with Crippen LogP contribution >= 0.6 is 12.4 Å². The van der Waals surface area contributed by atoms with Gasteiger partial charge in [-0.25, -0.2) is 0 Å². The molecule has 1 amide bonds. The van der Waals surface area contributed by atoms with E-state index in [2.05, 4.69) is 12.2 Å². The highest BCUT2D eigenvalue weighted by Gasteiger charge is 2.37. The van der Waals surface area contributed by atoms with Crippen LogP contribution in [0.3, 0.4) is 0 Å². The molecule has 1 saturated carbocycles. The smallest absolute Gasteiger partial charge is 0.251 e. The maximum atomic E-state index is 11.9. The zero-order valence-electron chi connectivity index (χ0n) is 10.7. The average molecular weight is 269 g/mol. The monoisotopic (exact) mass is 268 g/mol. The van der Waals surface area contributed by atoms with Crippen molar-refractivity contribution < 1.29 is 4.79 Å². The summed E-state index contributed by atoms with van der Waals surface area (Å²) in [5.74, 6) is 0.740. The molecular formula is C14H21ClN2O. The molecule has 1 aliphatic rings. The van der Waals surface area contributed by atoms with Gasteiger partial charge in [0.1, 0.15) is 0 Å². The van der Waals surface area contributed by atoms with E-state index >= 15 is 0 Å². The van der Waals surface area contributed by atoms with Crippen molar-refractivity contribution in [3.8, 4) is 0 Å². The number of amides is 1. The first kappa shape index (κ1) is 15.0. The van der Waals surface area contributed by atoms with Gasteiger partial charge in [0.05, 0.1) is 0 Å². The van der Waals surface area contributed by atoms with Crippen LogP contribution in [0.1, 0.15) is 42.1 Å². The first-order valence-electron chi connectivity index (χ1n) is 6.34. The molecule has 3 nitrogen and oxygen atoms in total. The van der Waals surface area contributed by atoms with E-state index < -0.39 is 0 Å². The fourth-order valence-electron chi connectivity index (χ4n) is 2.16. The van der Waals surface area contributed by atoms with E-state index in [0.717, 1.165) is 17.5 Å². The first-order valence-corrected chi connectivity index (χ1v) is 6.34. The summed E-state index contributed by atoms with van der Waals surface area (Å²) in [6, 6.07) is 7.90. The van der Waals surface area contributed by atoms with E-state index in [1.807, 2.05) is 24.3 Å². The summed E-state index contributed by atoms with van der Waals surface area (Å²) in [7, 11) is 0. The average Bonchev–Trinajstić information content (AvgIpc) is 3.08. The fraction of sp³-hybridized carbons (Fsp3) is 0.500. The summed E-state index contributed by atoms with van der Waals surface area (Å²) in [5, 5.41) is 3.07. The van der Waals surface area contributed by atoms with Crippen LogP contribution in [-0.4, -0.2) is 11.9 Å². The Morgan fingerprint density at radius 3 is 2.61 bits per heavy atom. The van der Waals surface area contributed by atoms with Crippen LogP contribution in [-0.2, 0) is 6.54 Å². The van der Waals surface area contributed by atoms with Gasteiger partial charge in [-0.15, -0.1) is 12.4 Å². The molecule has 2 unspecified atom stereocenters. The molecule has 2 rings (SSSR count). The zero-order valence-corrected chi connectivity index (χ0v) is 11.5. The van der Waals surface area contributed by atoms with E-state index in [0.29, 0.717) is 18.5 Å².